The molecule has 1 atom stereocenters. The van der Waals surface area contributed by atoms with Crippen LogP contribution in [-0.4, -0.2) is 49.9 Å². The maximum atomic E-state index is 13.7. The summed E-state index contributed by atoms with van der Waals surface area (Å²) in [6, 6.07) is 6.21. The Balaban J connectivity index is 2.84. The molecule has 0 saturated carbocycles. The highest BCUT2D eigenvalue weighted by molar-refractivity contribution is 5.77. The van der Waals surface area contributed by atoms with Crippen molar-refractivity contribution >= 4 is 5.91 Å². The van der Waals surface area contributed by atoms with Gasteiger partial charge in [-0.1, -0.05) is 18.2 Å². The highest BCUT2D eigenvalue weighted by Crippen LogP contribution is 2.20. The number of amides is 1. The molecule has 0 fully saturated rings. The van der Waals surface area contributed by atoms with E-state index >= 15 is 0 Å². The van der Waals surface area contributed by atoms with Crippen molar-refractivity contribution in [3.8, 4) is 0 Å². The lowest BCUT2D eigenvalue weighted by Gasteiger charge is -2.28. The third-order valence-corrected chi connectivity index (χ3v) is 2.90. The molecule has 0 radical (unpaired) electrons. The van der Waals surface area contributed by atoms with Crippen molar-refractivity contribution in [3.63, 3.8) is 0 Å². The van der Waals surface area contributed by atoms with Gasteiger partial charge in [-0.3, -0.25) is 9.69 Å². The van der Waals surface area contributed by atoms with E-state index in [0.717, 1.165) is 0 Å². The molecule has 1 aromatic carbocycles. The molecule has 1 aromatic rings. The number of hydrogen-bond acceptors (Lipinski definition) is 3. The molecule has 2 N–H and O–H groups in total. The number of nitrogens with two attached hydrogens (primary N) is 1. The Morgan fingerprint density at radius 3 is 2.44 bits per heavy atom. The summed E-state index contributed by atoms with van der Waals surface area (Å²) in [5, 5.41) is 0. The van der Waals surface area contributed by atoms with E-state index in [9.17, 15) is 9.18 Å². The van der Waals surface area contributed by atoms with Crippen molar-refractivity contribution in [2.45, 2.75) is 6.04 Å². The second kappa shape index (κ2) is 6.47. The van der Waals surface area contributed by atoms with Crippen LogP contribution >= 0.6 is 0 Å². The second-order valence-corrected chi connectivity index (χ2v) is 4.48. The van der Waals surface area contributed by atoms with E-state index in [1.54, 1.807) is 44.2 Å². The average Bonchev–Trinajstić information content (AvgIpc) is 2.32. The summed E-state index contributed by atoms with van der Waals surface area (Å²) < 4.78 is 13.7. The highest BCUT2D eigenvalue weighted by atomic mass is 19.1. The quantitative estimate of drug-likeness (QED) is 0.846. The Morgan fingerprint density at radius 2 is 1.94 bits per heavy atom. The monoisotopic (exact) mass is 253 g/mol. The van der Waals surface area contributed by atoms with Crippen LogP contribution in [0.5, 0.6) is 0 Å². The summed E-state index contributed by atoms with van der Waals surface area (Å²) in [7, 11) is 5.15. The summed E-state index contributed by atoms with van der Waals surface area (Å²) in [6.07, 6.45) is 0. The fourth-order valence-electron chi connectivity index (χ4n) is 1.75. The van der Waals surface area contributed by atoms with Crippen molar-refractivity contribution in [1.29, 1.82) is 0 Å². The van der Waals surface area contributed by atoms with Crippen molar-refractivity contribution in [2.24, 2.45) is 5.73 Å². The van der Waals surface area contributed by atoms with E-state index < -0.39 is 0 Å². The molecular formula is C13H20FN3O. The Bertz CT molecular complexity index is 409. The van der Waals surface area contributed by atoms with Gasteiger partial charge in [0.15, 0.2) is 0 Å². The van der Waals surface area contributed by atoms with Crippen LogP contribution in [0.1, 0.15) is 11.6 Å². The lowest BCUT2D eigenvalue weighted by molar-refractivity contribution is -0.130. The van der Waals surface area contributed by atoms with Gasteiger partial charge in [-0.25, -0.2) is 4.39 Å². The van der Waals surface area contributed by atoms with Gasteiger partial charge in [0.2, 0.25) is 5.91 Å². The summed E-state index contributed by atoms with van der Waals surface area (Å²) >= 11 is 0. The molecule has 18 heavy (non-hydrogen) atoms. The van der Waals surface area contributed by atoms with E-state index in [1.807, 2.05) is 0 Å². The van der Waals surface area contributed by atoms with Crippen molar-refractivity contribution in [2.75, 3.05) is 34.2 Å². The second-order valence-electron chi connectivity index (χ2n) is 4.48. The maximum Gasteiger partial charge on any atom is 0.236 e. The van der Waals surface area contributed by atoms with Gasteiger partial charge in [0, 0.05) is 26.2 Å². The number of likely N-dealkylation sites (N-methyl/N-ethyl adjacent to an activating group) is 2. The van der Waals surface area contributed by atoms with E-state index in [2.05, 4.69) is 0 Å². The normalized spacial score (nSPS) is 12.6. The summed E-state index contributed by atoms with van der Waals surface area (Å²) in [6.45, 7) is 0.474. The number of carbonyl (C=O) groups excluding carboxylic acids is 1. The van der Waals surface area contributed by atoms with Gasteiger partial charge in [0.25, 0.3) is 0 Å². The average molecular weight is 253 g/mol. The third kappa shape index (κ3) is 3.51. The summed E-state index contributed by atoms with van der Waals surface area (Å²) in [5.41, 5.74) is 6.22. The predicted molar refractivity (Wildman–Crippen MR) is 69.5 cm³/mol. The molecule has 5 heteroatoms. The number of carbonyl (C=O) groups is 1. The molecule has 0 heterocycles. The lowest BCUT2D eigenvalue weighted by atomic mass is 10.1. The molecule has 0 aliphatic heterocycles. The maximum absolute atomic E-state index is 13.7. The van der Waals surface area contributed by atoms with Crippen LogP contribution in [0.4, 0.5) is 4.39 Å². The Hall–Kier alpha value is -1.46. The van der Waals surface area contributed by atoms with Crippen LogP contribution in [0.25, 0.3) is 0 Å². The van der Waals surface area contributed by atoms with E-state index in [0.29, 0.717) is 5.56 Å². The minimum atomic E-state index is -0.296. The van der Waals surface area contributed by atoms with Gasteiger partial charge in [0.05, 0.1) is 12.6 Å². The van der Waals surface area contributed by atoms with E-state index in [1.165, 1.54) is 11.0 Å². The van der Waals surface area contributed by atoms with E-state index in [-0.39, 0.29) is 30.9 Å². The molecule has 0 aliphatic rings. The van der Waals surface area contributed by atoms with Crippen LogP contribution in [0.2, 0.25) is 0 Å². The minimum Gasteiger partial charge on any atom is -0.348 e. The van der Waals surface area contributed by atoms with Crippen molar-refractivity contribution < 1.29 is 9.18 Å². The molecule has 1 rings (SSSR count). The fourth-order valence-corrected chi connectivity index (χ4v) is 1.75. The van der Waals surface area contributed by atoms with Gasteiger partial charge < -0.3 is 10.6 Å². The molecule has 0 spiro atoms. The SMILES string of the molecule is CN(C)C(=O)CN(C)C(CN)c1ccccc1F. The van der Waals surface area contributed by atoms with Crippen LogP contribution < -0.4 is 5.73 Å². The van der Waals surface area contributed by atoms with Gasteiger partial charge in [0.1, 0.15) is 5.82 Å². The zero-order valence-corrected chi connectivity index (χ0v) is 11.1. The predicted octanol–water partition coefficient (Wildman–Crippen LogP) is 0.846. The first kappa shape index (κ1) is 14.6. The van der Waals surface area contributed by atoms with E-state index in [4.69, 9.17) is 5.73 Å². The smallest absolute Gasteiger partial charge is 0.236 e. The number of hydrogen-bond donors (Lipinski definition) is 1. The Labute approximate surface area is 107 Å². The van der Waals surface area contributed by atoms with Crippen LogP contribution in [0.15, 0.2) is 24.3 Å². The van der Waals surface area contributed by atoms with Crippen LogP contribution in [-0.2, 0) is 4.79 Å². The van der Waals surface area contributed by atoms with Gasteiger partial charge in [-0.2, -0.15) is 0 Å². The molecule has 1 unspecified atom stereocenters. The summed E-state index contributed by atoms with van der Waals surface area (Å²) in [4.78, 5) is 14.9. The molecule has 0 aromatic heterocycles. The van der Waals surface area contributed by atoms with Crippen molar-refractivity contribution in [3.05, 3.63) is 35.6 Å². The molecular weight excluding hydrogens is 233 g/mol. The first-order chi connectivity index (χ1) is 8.47. The molecule has 0 aliphatic carbocycles. The van der Waals surface area contributed by atoms with Gasteiger partial charge in [-0.15, -0.1) is 0 Å². The third-order valence-electron chi connectivity index (χ3n) is 2.90. The number of rotatable bonds is 5. The molecule has 4 nitrogen and oxygen atoms in total. The van der Waals surface area contributed by atoms with Crippen LogP contribution in [0, 0.1) is 5.82 Å². The zero-order chi connectivity index (χ0) is 13.7. The molecule has 1 amide bonds. The van der Waals surface area contributed by atoms with Gasteiger partial charge >= 0.3 is 0 Å². The standard InChI is InChI=1S/C13H20FN3O/c1-16(2)13(18)9-17(3)12(8-15)10-6-4-5-7-11(10)14/h4-7,12H,8-9,15H2,1-3H3. The largest absolute Gasteiger partial charge is 0.348 e. The number of nitrogens with zero attached hydrogens (tertiary/aromatic N) is 2. The number of halogens is 1. The number of benzene rings is 1. The summed E-state index contributed by atoms with van der Waals surface area (Å²) in [5.74, 6) is -0.329. The van der Waals surface area contributed by atoms with Crippen LogP contribution in [0.3, 0.4) is 0 Å². The molecule has 0 bridgehead atoms. The Kier molecular flexibility index (Phi) is 5.25. The van der Waals surface area contributed by atoms with Gasteiger partial charge in [-0.05, 0) is 13.1 Å². The minimum absolute atomic E-state index is 0.0349. The Morgan fingerprint density at radius 1 is 1.33 bits per heavy atom. The fraction of sp³-hybridized carbons (Fsp3) is 0.462. The first-order valence-electron chi connectivity index (χ1n) is 5.82. The molecule has 0 saturated heterocycles. The topological polar surface area (TPSA) is 49.6 Å². The highest BCUT2D eigenvalue weighted by Gasteiger charge is 2.21. The first-order valence-corrected chi connectivity index (χ1v) is 5.82. The zero-order valence-electron chi connectivity index (χ0n) is 11.1. The van der Waals surface area contributed by atoms with Crippen molar-refractivity contribution in [1.82, 2.24) is 9.80 Å². The lowest BCUT2D eigenvalue weighted by Crippen LogP contribution is -2.39. The molecule has 100 valence electrons.